The number of nitrogens with zero attached hydrogens (tertiary/aromatic N) is 2. The maximum Gasteiger partial charge on any atom is 0.240 e. The summed E-state index contributed by atoms with van der Waals surface area (Å²) >= 11 is 0. The summed E-state index contributed by atoms with van der Waals surface area (Å²) in [6, 6.07) is 10.9. The van der Waals surface area contributed by atoms with Crippen molar-refractivity contribution in [2.75, 3.05) is 18.5 Å². The molecule has 3 aromatic rings. The van der Waals surface area contributed by atoms with Crippen LogP contribution in [0.25, 0.3) is 10.9 Å². The molecule has 1 unspecified atom stereocenters. The van der Waals surface area contributed by atoms with Crippen LogP contribution in [0.2, 0.25) is 0 Å². The first-order valence-electron chi connectivity index (χ1n) is 9.36. The molecule has 2 N–H and O–H groups in total. The number of hydrogen-bond acceptors (Lipinski definition) is 6. The number of fused-ring (bicyclic) bond motifs is 1. The van der Waals surface area contributed by atoms with E-state index < -0.39 is 10.0 Å². The van der Waals surface area contributed by atoms with Crippen LogP contribution >= 0.6 is 0 Å². The predicted octanol–water partition coefficient (Wildman–Crippen LogP) is 2.84. The Balaban J connectivity index is 1.41. The fourth-order valence-corrected chi connectivity index (χ4v) is 4.30. The van der Waals surface area contributed by atoms with E-state index in [0.29, 0.717) is 29.9 Å². The molecule has 9 heteroatoms. The molecule has 0 spiro atoms. The van der Waals surface area contributed by atoms with Gasteiger partial charge in [0.15, 0.2) is 0 Å². The Morgan fingerprint density at radius 2 is 1.97 bits per heavy atom. The van der Waals surface area contributed by atoms with Crippen LogP contribution in [0, 0.1) is 5.82 Å². The molecule has 152 valence electrons. The molecular weight excluding hydrogens is 395 g/mol. The van der Waals surface area contributed by atoms with Crippen LogP contribution in [0.15, 0.2) is 53.7 Å². The molecule has 2 aromatic carbocycles. The van der Waals surface area contributed by atoms with E-state index in [1.54, 1.807) is 30.3 Å². The molecule has 0 amide bonds. The minimum Gasteiger partial charge on any atom is -0.377 e. The fraction of sp³-hybridized carbons (Fsp3) is 0.300. The van der Waals surface area contributed by atoms with Gasteiger partial charge in [-0.1, -0.05) is 12.1 Å². The quantitative estimate of drug-likeness (QED) is 0.615. The number of ether oxygens (including phenoxy) is 1. The van der Waals surface area contributed by atoms with Gasteiger partial charge in [-0.2, -0.15) is 0 Å². The van der Waals surface area contributed by atoms with Crippen LogP contribution in [0.3, 0.4) is 0 Å². The number of nitrogens with one attached hydrogen (secondary N) is 2. The third-order valence-electron chi connectivity index (χ3n) is 4.82. The van der Waals surface area contributed by atoms with E-state index in [9.17, 15) is 12.8 Å². The minimum atomic E-state index is -3.58. The molecule has 0 radical (unpaired) electrons. The second-order valence-electron chi connectivity index (χ2n) is 6.87. The molecular formula is C20H21FN4O3S. The van der Waals surface area contributed by atoms with E-state index in [1.807, 2.05) is 0 Å². The Hall–Kier alpha value is -2.62. The first-order valence-corrected chi connectivity index (χ1v) is 10.8. The van der Waals surface area contributed by atoms with Gasteiger partial charge in [-0.25, -0.2) is 27.5 Å². The zero-order valence-electron chi connectivity index (χ0n) is 15.6. The number of aromatic nitrogens is 2. The van der Waals surface area contributed by atoms with E-state index >= 15 is 0 Å². The Morgan fingerprint density at radius 1 is 1.14 bits per heavy atom. The van der Waals surface area contributed by atoms with Crippen molar-refractivity contribution in [2.24, 2.45) is 0 Å². The highest BCUT2D eigenvalue weighted by Crippen LogP contribution is 2.21. The standard InChI is InChI=1S/C20H21FN4O3S/c21-15-5-8-19-18(10-15)20(24-13-23-19)22-11-14-3-6-17(7-4-14)29(26,27)25-12-16-2-1-9-28-16/h3-8,10,13,16,25H,1-2,9,11-12H2,(H,22,23,24). The third kappa shape index (κ3) is 4.69. The lowest BCUT2D eigenvalue weighted by Gasteiger charge is -2.12. The van der Waals surface area contributed by atoms with Crippen LogP contribution in [0.4, 0.5) is 10.2 Å². The van der Waals surface area contributed by atoms with Crippen molar-refractivity contribution in [3.8, 4) is 0 Å². The summed E-state index contributed by atoms with van der Waals surface area (Å²) in [5.74, 6) is 0.157. The Kier molecular flexibility index (Phi) is 5.70. The molecule has 0 saturated carbocycles. The first-order chi connectivity index (χ1) is 14.0. The molecule has 1 saturated heterocycles. The Morgan fingerprint density at radius 3 is 2.72 bits per heavy atom. The van der Waals surface area contributed by atoms with E-state index in [2.05, 4.69) is 20.0 Å². The van der Waals surface area contributed by atoms with Crippen LogP contribution in [0.5, 0.6) is 0 Å². The second-order valence-corrected chi connectivity index (χ2v) is 8.64. The van der Waals surface area contributed by atoms with Crippen molar-refractivity contribution < 1.29 is 17.5 Å². The van der Waals surface area contributed by atoms with Gasteiger partial charge in [-0.15, -0.1) is 0 Å². The largest absolute Gasteiger partial charge is 0.377 e. The van der Waals surface area contributed by atoms with Crippen LogP contribution in [-0.4, -0.2) is 37.6 Å². The summed E-state index contributed by atoms with van der Waals surface area (Å²) in [6.45, 7) is 1.37. The number of anilines is 1. The minimum absolute atomic E-state index is 0.0548. The van der Waals surface area contributed by atoms with Gasteiger partial charge < -0.3 is 10.1 Å². The SMILES string of the molecule is O=S(=O)(NCC1CCCO1)c1ccc(CNc2ncnc3ccc(F)cc23)cc1. The molecule has 1 fully saturated rings. The molecule has 1 aliphatic heterocycles. The average molecular weight is 416 g/mol. The monoisotopic (exact) mass is 416 g/mol. The topological polar surface area (TPSA) is 93.2 Å². The molecule has 1 aromatic heterocycles. The first kappa shape index (κ1) is 19.7. The van der Waals surface area contributed by atoms with Gasteiger partial charge >= 0.3 is 0 Å². The lowest BCUT2D eigenvalue weighted by molar-refractivity contribution is 0.114. The molecule has 29 heavy (non-hydrogen) atoms. The normalized spacial score (nSPS) is 16.9. The van der Waals surface area contributed by atoms with E-state index in [-0.39, 0.29) is 23.4 Å². The second kappa shape index (κ2) is 8.40. The van der Waals surface area contributed by atoms with Crippen molar-refractivity contribution in [1.29, 1.82) is 0 Å². The van der Waals surface area contributed by atoms with E-state index in [0.717, 1.165) is 18.4 Å². The van der Waals surface area contributed by atoms with Crippen LogP contribution in [0.1, 0.15) is 18.4 Å². The average Bonchev–Trinajstić information content (AvgIpc) is 3.25. The highest BCUT2D eigenvalue weighted by atomic mass is 32.2. The van der Waals surface area contributed by atoms with Crippen LogP contribution < -0.4 is 10.0 Å². The van der Waals surface area contributed by atoms with Gasteiger partial charge in [0.2, 0.25) is 10.0 Å². The number of halogens is 1. The Labute approximate surface area is 168 Å². The predicted molar refractivity (Wildman–Crippen MR) is 107 cm³/mol. The van der Waals surface area contributed by atoms with Crippen LogP contribution in [-0.2, 0) is 21.3 Å². The van der Waals surface area contributed by atoms with Crippen molar-refractivity contribution in [3.63, 3.8) is 0 Å². The zero-order valence-corrected chi connectivity index (χ0v) is 16.5. The van der Waals surface area contributed by atoms with E-state index in [1.165, 1.54) is 18.5 Å². The number of rotatable bonds is 7. The number of sulfonamides is 1. The summed E-state index contributed by atoms with van der Waals surface area (Å²) < 4.78 is 46.4. The smallest absolute Gasteiger partial charge is 0.240 e. The number of hydrogen-bond donors (Lipinski definition) is 2. The molecule has 2 heterocycles. The highest BCUT2D eigenvalue weighted by Gasteiger charge is 2.20. The van der Waals surface area contributed by atoms with Gasteiger partial charge in [0.05, 0.1) is 16.5 Å². The summed E-state index contributed by atoms with van der Waals surface area (Å²) in [6.07, 6.45) is 3.19. The molecule has 4 rings (SSSR count). The van der Waals surface area contributed by atoms with Crippen molar-refractivity contribution in [1.82, 2.24) is 14.7 Å². The van der Waals surface area contributed by atoms with Crippen molar-refractivity contribution in [2.45, 2.75) is 30.4 Å². The maximum absolute atomic E-state index is 13.5. The van der Waals surface area contributed by atoms with Gasteiger partial charge in [0.1, 0.15) is 18.0 Å². The highest BCUT2D eigenvalue weighted by molar-refractivity contribution is 7.89. The molecule has 0 aliphatic carbocycles. The molecule has 1 atom stereocenters. The lowest BCUT2D eigenvalue weighted by Crippen LogP contribution is -2.31. The Bertz CT molecular complexity index is 1100. The fourth-order valence-electron chi connectivity index (χ4n) is 3.23. The summed E-state index contributed by atoms with van der Waals surface area (Å²) in [4.78, 5) is 8.50. The summed E-state index contributed by atoms with van der Waals surface area (Å²) in [7, 11) is -3.58. The van der Waals surface area contributed by atoms with Gasteiger partial charge in [-0.05, 0) is 48.7 Å². The molecule has 0 bridgehead atoms. The lowest BCUT2D eigenvalue weighted by atomic mass is 10.2. The van der Waals surface area contributed by atoms with Gasteiger partial charge in [0, 0.05) is 25.1 Å². The van der Waals surface area contributed by atoms with Crippen molar-refractivity contribution in [3.05, 3.63) is 60.2 Å². The summed E-state index contributed by atoms with van der Waals surface area (Å²) in [5.41, 5.74) is 1.51. The molecule has 1 aliphatic rings. The third-order valence-corrected chi connectivity index (χ3v) is 6.26. The van der Waals surface area contributed by atoms with E-state index in [4.69, 9.17) is 4.74 Å². The maximum atomic E-state index is 13.5. The molecule has 7 nitrogen and oxygen atoms in total. The van der Waals surface area contributed by atoms with Crippen molar-refractivity contribution >= 4 is 26.7 Å². The van der Waals surface area contributed by atoms with Gasteiger partial charge in [-0.3, -0.25) is 0 Å². The van der Waals surface area contributed by atoms with Gasteiger partial charge in [0.25, 0.3) is 0 Å². The summed E-state index contributed by atoms with van der Waals surface area (Å²) in [5, 5.41) is 3.74. The number of benzene rings is 2. The zero-order chi connectivity index (χ0) is 20.3.